The third kappa shape index (κ3) is 3.31. The Bertz CT molecular complexity index is 413. The van der Waals surface area contributed by atoms with Gasteiger partial charge in [0.1, 0.15) is 0 Å². The molecule has 0 amide bonds. The summed E-state index contributed by atoms with van der Waals surface area (Å²) >= 11 is 0. The van der Waals surface area contributed by atoms with Crippen molar-refractivity contribution in [2.45, 2.75) is 25.3 Å². The van der Waals surface area contributed by atoms with E-state index in [1.54, 1.807) is 12.5 Å². The van der Waals surface area contributed by atoms with Crippen molar-refractivity contribution >= 4 is 9.84 Å². The van der Waals surface area contributed by atoms with E-state index in [2.05, 4.69) is 15.3 Å². The van der Waals surface area contributed by atoms with Gasteiger partial charge < -0.3 is 10.3 Å². The third-order valence-electron chi connectivity index (χ3n) is 2.85. The summed E-state index contributed by atoms with van der Waals surface area (Å²) in [6.45, 7) is 0.794. The molecule has 0 bridgehead atoms. The van der Waals surface area contributed by atoms with Crippen LogP contribution >= 0.6 is 0 Å². The number of imidazole rings is 1. The lowest BCUT2D eigenvalue weighted by atomic mass is 10.2. The van der Waals surface area contributed by atoms with E-state index >= 15 is 0 Å². The largest absolute Gasteiger partial charge is 0.348 e. The van der Waals surface area contributed by atoms with Gasteiger partial charge in [-0.3, -0.25) is 0 Å². The Hall–Kier alpha value is -0.880. The standard InChI is InChI=1S/C10H17N3O2S/c14-16(15)5-1-2-10(7-16)12-4-3-9-6-11-8-13-9/h6,8,10,12H,1-5,7H2,(H,11,13). The maximum absolute atomic E-state index is 11.4. The minimum atomic E-state index is -2.80. The van der Waals surface area contributed by atoms with Gasteiger partial charge in [0.05, 0.1) is 17.8 Å². The Morgan fingerprint density at radius 3 is 3.12 bits per heavy atom. The van der Waals surface area contributed by atoms with Gasteiger partial charge in [-0.25, -0.2) is 13.4 Å². The molecule has 2 rings (SSSR count). The van der Waals surface area contributed by atoms with Gasteiger partial charge in [-0.1, -0.05) is 0 Å². The minimum absolute atomic E-state index is 0.127. The van der Waals surface area contributed by atoms with Crippen molar-refractivity contribution in [2.24, 2.45) is 0 Å². The summed E-state index contributed by atoms with van der Waals surface area (Å²) in [5, 5.41) is 3.29. The van der Waals surface area contributed by atoms with E-state index in [1.807, 2.05) is 0 Å². The summed E-state index contributed by atoms with van der Waals surface area (Å²) in [6, 6.07) is 0.127. The fraction of sp³-hybridized carbons (Fsp3) is 0.700. The second-order valence-corrected chi connectivity index (χ2v) is 6.46. The predicted molar refractivity (Wildman–Crippen MR) is 62.0 cm³/mol. The van der Waals surface area contributed by atoms with Crippen molar-refractivity contribution in [3.8, 4) is 0 Å². The summed E-state index contributed by atoms with van der Waals surface area (Å²) in [5.41, 5.74) is 1.08. The molecule has 6 heteroatoms. The molecule has 1 aromatic rings. The van der Waals surface area contributed by atoms with E-state index in [0.717, 1.165) is 31.5 Å². The first kappa shape index (κ1) is 11.6. The van der Waals surface area contributed by atoms with Crippen LogP contribution in [0.2, 0.25) is 0 Å². The summed E-state index contributed by atoms with van der Waals surface area (Å²) in [5.74, 6) is 0.641. The van der Waals surface area contributed by atoms with Crippen molar-refractivity contribution in [2.75, 3.05) is 18.1 Å². The van der Waals surface area contributed by atoms with Crippen molar-refractivity contribution in [3.05, 3.63) is 18.2 Å². The number of hydrogen-bond acceptors (Lipinski definition) is 4. The van der Waals surface area contributed by atoms with Gasteiger partial charge >= 0.3 is 0 Å². The molecule has 16 heavy (non-hydrogen) atoms. The highest BCUT2D eigenvalue weighted by Gasteiger charge is 2.23. The molecular weight excluding hydrogens is 226 g/mol. The fourth-order valence-electron chi connectivity index (χ4n) is 2.02. The van der Waals surface area contributed by atoms with Crippen LogP contribution in [0.1, 0.15) is 18.5 Å². The van der Waals surface area contributed by atoms with Crippen LogP contribution < -0.4 is 5.32 Å². The maximum Gasteiger partial charge on any atom is 0.151 e. The zero-order valence-electron chi connectivity index (χ0n) is 9.15. The molecule has 1 aromatic heterocycles. The van der Waals surface area contributed by atoms with E-state index in [4.69, 9.17) is 0 Å². The second kappa shape index (κ2) is 4.97. The molecule has 1 aliphatic heterocycles. The molecule has 0 saturated carbocycles. The van der Waals surface area contributed by atoms with Gasteiger partial charge in [-0.15, -0.1) is 0 Å². The van der Waals surface area contributed by atoms with Crippen molar-refractivity contribution in [1.82, 2.24) is 15.3 Å². The molecule has 0 spiro atoms. The number of nitrogens with zero attached hydrogens (tertiary/aromatic N) is 1. The Morgan fingerprint density at radius 1 is 1.56 bits per heavy atom. The van der Waals surface area contributed by atoms with Crippen LogP contribution in [0, 0.1) is 0 Å². The molecular formula is C10H17N3O2S. The number of aromatic nitrogens is 2. The monoisotopic (exact) mass is 243 g/mol. The summed E-state index contributed by atoms with van der Waals surface area (Å²) in [6.07, 6.45) is 6.04. The van der Waals surface area contributed by atoms with Gasteiger partial charge in [0.15, 0.2) is 9.84 Å². The van der Waals surface area contributed by atoms with Gasteiger partial charge in [-0.2, -0.15) is 0 Å². The maximum atomic E-state index is 11.4. The summed E-state index contributed by atoms with van der Waals surface area (Å²) in [4.78, 5) is 6.95. The average molecular weight is 243 g/mol. The Kier molecular flexibility index (Phi) is 3.60. The first-order chi connectivity index (χ1) is 7.66. The van der Waals surface area contributed by atoms with Crippen LogP contribution in [-0.4, -0.2) is 42.5 Å². The molecule has 0 radical (unpaired) electrons. The minimum Gasteiger partial charge on any atom is -0.348 e. The lowest BCUT2D eigenvalue weighted by Crippen LogP contribution is -2.40. The first-order valence-electron chi connectivity index (χ1n) is 5.57. The summed E-state index contributed by atoms with van der Waals surface area (Å²) in [7, 11) is -2.80. The topological polar surface area (TPSA) is 74.8 Å². The molecule has 1 fully saturated rings. The third-order valence-corrected chi connectivity index (χ3v) is 4.67. The number of hydrogen-bond donors (Lipinski definition) is 2. The van der Waals surface area contributed by atoms with Crippen LogP contribution in [0.25, 0.3) is 0 Å². The molecule has 2 heterocycles. The normalized spacial score (nSPS) is 24.4. The molecule has 1 atom stereocenters. The molecule has 1 unspecified atom stereocenters. The Balaban J connectivity index is 1.74. The lowest BCUT2D eigenvalue weighted by Gasteiger charge is -2.22. The average Bonchev–Trinajstić information content (AvgIpc) is 2.69. The molecule has 0 aliphatic carbocycles. The molecule has 90 valence electrons. The van der Waals surface area contributed by atoms with E-state index in [9.17, 15) is 8.42 Å². The molecule has 2 N–H and O–H groups in total. The Morgan fingerprint density at radius 2 is 2.44 bits per heavy atom. The smallest absolute Gasteiger partial charge is 0.151 e. The van der Waals surface area contributed by atoms with Crippen LogP contribution in [-0.2, 0) is 16.3 Å². The van der Waals surface area contributed by atoms with Gasteiger partial charge in [-0.05, 0) is 12.8 Å². The highest BCUT2D eigenvalue weighted by molar-refractivity contribution is 7.91. The van der Waals surface area contributed by atoms with E-state index < -0.39 is 9.84 Å². The quantitative estimate of drug-likeness (QED) is 0.787. The number of sulfone groups is 1. The molecule has 5 nitrogen and oxygen atoms in total. The SMILES string of the molecule is O=S1(=O)CCCC(NCCc2cnc[nH]2)C1. The van der Waals surface area contributed by atoms with Crippen LogP contribution in [0.5, 0.6) is 0 Å². The number of nitrogens with one attached hydrogen (secondary N) is 2. The zero-order chi connectivity index (χ0) is 11.4. The Labute approximate surface area is 95.6 Å². The number of rotatable bonds is 4. The highest BCUT2D eigenvalue weighted by Crippen LogP contribution is 2.11. The van der Waals surface area contributed by atoms with Crippen LogP contribution in [0.4, 0.5) is 0 Å². The number of aromatic amines is 1. The van der Waals surface area contributed by atoms with Gasteiger partial charge in [0.2, 0.25) is 0 Å². The van der Waals surface area contributed by atoms with E-state index in [0.29, 0.717) is 5.75 Å². The fourth-order valence-corrected chi connectivity index (χ4v) is 3.69. The molecule has 1 aliphatic rings. The van der Waals surface area contributed by atoms with Gasteiger partial charge in [0.25, 0.3) is 0 Å². The predicted octanol–water partition coefficient (Wildman–Crippen LogP) is 0.119. The zero-order valence-corrected chi connectivity index (χ0v) is 9.96. The van der Waals surface area contributed by atoms with Gasteiger partial charge in [0, 0.05) is 30.9 Å². The van der Waals surface area contributed by atoms with Crippen LogP contribution in [0.15, 0.2) is 12.5 Å². The summed E-state index contributed by atoms with van der Waals surface area (Å²) < 4.78 is 22.8. The molecule has 0 aromatic carbocycles. The van der Waals surface area contributed by atoms with Crippen molar-refractivity contribution in [1.29, 1.82) is 0 Å². The van der Waals surface area contributed by atoms with Crippen LogP contribution in [0.3, 0.4) is 0 Å². The number of H-pyrrole nitrogens is 1. The van der Waals surface area contributed by atoms with Crippen molar-refractivity contribution < 1.29 is 8.42 Å². The van der Waals surface area contributed by atoms with E-state index in [-0.39, 0.29) is 11.8 Å². The highest BCUT2D eigenvalue weighted by atomic mass is 32.2. The van der Waals surface area contributed by atoms with Crippen molar-refractivity contribution in [3.63, 3.8) is 0 Å². The molecule has 1 saturated heterocycles. The lowest BCUT2D eigenvalue weighted by molar-refractivity contribution is 0.482. The second-order valence-electron chi connectivity index (χ2n) is 4.23. The first-order valence-corrected chi connectivity index (χ1v) is 7.39. The van der Waals surface area contributed by atoms with E-state index in [1.165, 1.54) is 0 Å².